The van der Waals surface area contributed by atoms with Crippen LogP contribution in [0.25, 0.3) is 0 Å². The molecule has 3 aliphatic heterocycles. The Morgan fingerprint density at radius 1 is 1.29 bits per heavy atom. The summed E-state index contributed by atoms with van der Waals surface area (Å²) in [6, 6.07) is 4.73. The van der Waals surface area contributed by atoms with E-state index in [1.54, 1.807) is 7.11 Å². The first-order chi connectivity index (χ1) is 11.7. The van der Waals surface area contributed by atoms with Crippen LogP contribution in [-0.4, -0.2) is 37.5 Å². The third-order valence-electron chi connectivity index (χ3n) is 7.48. The molecule has 4 heteroatoms. The molecule has 3 fully saturated rings. The largest absolute Gasteiger partial charge is 0.493 e. The van der Waals surface area contributed by atoms with E-state index in [1.807, 2.05) is 0 Å². The third kappa shape index (κ3) is 1.41. The standard InChI is InChI=1S/C20H25NO3/c1-19-16-12-5-6-13(22-2)17(16)23-18(19)14-7-8-20(19,24-14)15(9-12)21-10-11-3-4-11/h5-6,11,14-15,18,21H,3-4,7-10H2,1-2H3/t14?,15-,18?,19+,20-/m0/s1. The van der Waals surface area contributed by atoms with Crippen LogP contribution in [0.5, 0.6) is 11.5 Å². The number of ether oxygens (including phenoxy) is 3. The summed E-state index contributed by atoms with van der Waals surface area (Å²) in [6.45, 7) is 3.52. The minimum absolute atomic E-state index is 0.0470. The van der Waals surface area contributed by atoms with Crippen LogP contribution in [0, 0.1) is 5.92 Å². The third-order valence-corrected chi connectivity index (χ3v) is 7.48. The van der Waals surface area contributed by atoms with Crippen molar-refractivity contribution in [2.45, 2.75) is 68.3 Å². The van der Waals surface area contributed by atoms with Gasteiger partial charge in [-0.05, 0) is 63.1 Å². The summed E-state index contributed by atoms with van der Waals surface area (Å²) in [5, 5.41) is 3.90. The number of hydrogen-bond donors (Lipinski definition) is 1. The lowest BCUT2D eigenvalue weighted by molar-refractivity contribution is -0.0521. The molecule has 5 aliphatic rings. The highest BCUT2D eigenvalue weighted by atomic mass is 16.6. The summed E-state index contributed by atoms with van der Waals surface area (Å²) in [7, 11) is 1.74. The molecule has 24 heavy (non-hydrogen) atoms. The lowest BCUT2D eigenvalue weighted by atomic mass is 9.55. The SMILES string of the molecule is COc1ccc2c3c1OC1C4CC[C@](O4)([C@@H](NCC4CC4)C2)[C@]31C. The van der Waals surface area contributed by atoms with Gasteiger partial charge in [0.1, 0.15) is 6.10 Å². The molecule has 2 saturated heterocycles. The molecule has 1 spiro atoms. The molecule has 4 nitrogen and oxygen atoms in total. The lowest BCUT2D eigenvalue weighted by Gasteiger charge is -2.50. The van der Waals surface area contributed by atoms with Gasteiger partial charge in [-0.3, -0.25) is 0 Å². The summed E-state index contributed by atoms with van der Waals surface area (Å²) in [5.41, 5.74) is 2.64. The van der Waals surface area contributed by atoms with Gasteiger partial charge in [0.05, 0.1) is 24.2 Å². The van der Waals surface area contributed by atoms with Gasteiger partial charge < -0.3 is 19.5 Å². The van der Waals surface area contributed by atoms with Crippen molar-refractivity contribution in [3.05, 3.63) is 23.3 Å². The summed E-state index contributed by atoms with van der Waals surface area (Å²) >= 11 is 0. The second kappa shape index (κ2) is 4.28. The van der Waals surface area contributed by atoms with Gasteiger partial charge >= 0.3 is 0 Å². The molecule has 3 heterocycles. The van der Waals surface area contributed by atoms with Gasteiger partial charge in [-0.15, -0.1) is 0 Å². The van der Waals surface area contributed by atoms with Gasteiger partial charge in [-0.25, -0.2) is 0 Å². The zero-order valence-corrected chi connectivity index (χ0v) is 14.4. The molecule has 0 radical (unpaired) electrons. The van der Waals surface area contributed by atoms with Crippen molar-refractivity contribution in [2.75, 3.05) is 13.7 Å². The van der Waals surface area contributed by atoms with Crippen molar-refractivity contribution in [2.24, 2.45) is 5.92 Å². The van der Waals surface area contributed by atoms with Crippen LogP contribution in [-0.2, 0) is 16.6 Å². The van der Waals surface area contributed by atoms with E-state index >= 15 is 0 Å². The molecule has 2 aliphatic carbocycles. The molecule has 5 atom stereocenters. The zero-order chi connectivity index (χ0) is 16.1. The summed E-state index contributed by atoms with van der Waals surface area (Å²) in [6.07, 6.45) is 6.44. The van der Waals surface area contributed by atoms with Gasteiger partial charge in [-0.2, -0.15) is 0 Å². The van der Waals surface area contributed by atoms with E-state index < -0.39 is 0 Å². The fourth-order valence-corrected chi connectivity index (χ4v) is 6.12. The highest BCUT2D eigenvalue weighted by molar-refractivity contribution is 5.63. The van der Waals surface area contributed by atoms with Crippen molar-refractivity contribution >= 4 is 0 Å². The number of benzene rings is 1. The molecule has 2 unspecified atom stereocenters. The molecule has 1 aromatic carbocycles. The predicted octanol–water partition coefficient (Wildman–Crippen LogP) is 2.57. The maximum Gasteiger partial charge on any atom is 0.166 e. The second-order valence-corrected chi connectivity index (χ2v) is 8.56. The highest BCUT2D eigenvalue weighted by Gasteiger charge is 2.75. The van der Waals surface area contributed by atoms with Crippen LogP contribution in [0.1, 0.15) is 43.7 Å². The van der Waals surface area contributed by atoms with Crippen molar-refractivity contribution < 1.29 is 14.2 Å². The quantitative estimate of drug-likeness (QED) is 0.923. The van der Waals surface area contributed by atoms with E-state index in [-0.39, 0.29) is 23.2 Å². The predicted molar refractivity (Wildman–Crippen MR) is 89.8 cm³/mol. The monoisotopic (exact) mass is 327 g/mol. The van der Waals surface area contributed by atoms with Crippen LogP contribution in [0.3, 0.4) is 0 Å². The summed E-state index contributed by atoms with van der Waals surface area (Å²) in [5.74, 6) is 2.75. The molecule has 1 saturated carbocycles. The van der Waals surface area contributed by atoms with Gasteiger partial charge in [0.2, 0.25) is 0 Å². The minimum atomic E-state index is -0.109. The Morgan fingerprint density at radius 3 is 2.96 bits per heavy atom. The maximum atomic E-state index is 6.69. The number of nitrogens with one attached hydrogen (secondary N) is 1. The smallest absolute Gasteiger partial charge is 0.166 e. The first-order valence-corrected chi connectivity index (χ1v) is 9.45. The van der Waals surface area contributed by atoms with Gasteiger partial charge in [0.25, 0.3) is 0 Å². The molecular formula is C20H25NO3. The Labute approximate surface area is 142 Å². The summed E-state index contributed by atoms with van der Waals surface area (Å²) < 4.78 is 18.8. The average Bonchev–Trinajstić information content (AvgIpc) is 3.13. The van der Waals surface area contributed by atoms with E-state index in [9.17, 15) is 0 Å². The fraction of sp³-hybridized carbons (Fsp3) is 0.700. The Balaban J connectivity index is 1.51. The van der Waals surface area contributed by atoms with Gasteiger partial charge in [-0.1, -0.05) is 6.07 Å². The van der Waals surface area contributed by atoms with Crippen molar-refractivity contribution in [3.63, 3.8) is 0 Å². The Morgan fingerprint density at radius 2 is 2.17 bits per heavy atom. The molecule has 128 valence electrons. The van der Waals surface area contributed by atoms with Crippen LogP contribution in [0.15, 0.2) is 12.1 Å². The van der Waals surface area contributed by atoms with E-state index in [4.69, 9.17) is 14.2 Å². The van der Waals surface area contributed by atoms with Crippen LogP contribution in [0.4, 0.5) is 0 Å². The molecular weight excluding hydrogens is 302 g/mol. The number of fused-ring (bicyclic) bond motifs is 2. The van der Waals surface area contributed by atoms with Crippen molar-refractivity contribution in [1.29, 1.82) is 0 Å². The van der Waals surface area contributed by atoms with E-state index in [0.717, 1.165) is 43.2 Å². The number of hydrogen-bond acceptors (Lipinski definition) is 4. The van der Waals surface area contributed by atoms with Gasteiger partial charge in [0.15, 0.2) is 11.5 Å². The van der Waals surface area contributed by atoms with Crippen LogP contribution < -0.4 is 14.8 Å². The summed E-state index contributed by atoms with van der Waals surface area (Å²) in [4.78, 5) is 0. The lowest BCUT2D eigenvalue weighted by Crippen LogP contribution is -2.65. The van der Waals surface area contributed by atoms with Gasteiger partial charge in [0, 0.05) is 11.6 Å². The molecule has 6 rings (SSSR count). The average molecular weight is 327 g/mol. The number of methoxy groups -OCH3 is 1. The Kier molecular flexibility index (Phi) is 2.49. The first kappa shape index (κ1) is 14.0. The Hall–Kier alpha value is -1.26. The van der Waals surface area contributed by atoms with Crippen LogP contribution >= 0.6 is 0 Å². The maximum absolute atomic E-state index is 6.69. The minimum Gasteiger partial charge on any atom is -0.493 e. The topological polar surface area (TPSA) is 39.7 Å². The molecule has 1 N–H and O–H groups in total. The van der Waals surface area contributed by atoms with E-state index in [0.29, 0.717) is 6.04 Å². The first-order valence-electron chi connectivity index (χ1n) is 9.45. The highest BCUT2D eigenvalue weighted by Crippen LogP contribution is 2.67. The van der Waals surface area contributed by atoms with E-state index in [2.05, 4.69) is 24.4 Å². The Bertz CT molecular complexity index is 730. The second-order valence-electron chi connectivity index (χ2n) is 8.56. The molecule has 2 bridgehead atoms. The number of rotatable bonds is 4. The molecule has 0 aromatic heterocycles. The zero-order valence-electron chi connectivity index (χ0n) is 14.4. The van der Waals surface area contributed by atoms with Crippen molar-refractivity contribution in [3.8, 4) is 11.5 Å². The van der Waals surface area contributed by atoms with E-state index in [1.165, 1.54) is 24.0 Å². The van der Waals surface area contributed by atoms with Crippen LogP contribution in [0.2, 0.25) is 0 Å². The molecule has 1 aromatic rings. The van der Waals surface area contributed by atoms with Crippen molar-refractivity contribution in [1.82, 2.24) is 5.32 Å². The fourth-order valence-electron chi connectivity index (χ4n) is 6.12. The normalized spacial score (nSPS) is 43.7. The molecule has 0 amide bonds.